The molecular weight excluding hydrogens is 176 g/mol. The van der Waals surface area contributed by atoms with Gasteiger partial charge in [0.1, 0.15) is 11.9 Å². The first kappa shape index (κ1) is 10.3. The molecule has 0 aliphatic heterocycles. The van der Waals surface area contributed by atoms with E-state index in [2.05, 4.69) is 4.74 Å². The maximum absolute atomic E-state index is 10.3. The monoisotopic (exact) mass is 184 g/mol. The molecule has 6 nitrogen and oxygen atoms in total. The number of carbonyl (C=O) groups is 1. The van der Waals surface area contributed by atoms with Crippen LogP contribution in [0.4, 0.5) is 0 Å². The predicted molar refractivity (Wildman–Crippen MR) is 34.4 cm³/mol. The fourth-order valence-corrected chi connectivity index (χ4v) is 0.818. The van der Waals surface area contributed by atoms with Crippen molar-refractivity contribution in [1.29, 1.82) is 0 Å². The standard InChI is InChI=1S/C4H8O6S/c5-1-4(2-10-3-6)11(7,8)9/h3-5H,1-2H2,(H,7,8,9). The van der Waals surface area contributed by atoms with E-state index >= 15 is 0 Å². The summed E-state index contributed by atoms with van der Waals surface area (Å²) in [7, 11) is -4.32. The highest BCUT2D eigenvalue weighted by molar-refractivity contribution is 7.86. The van der Waals surface area contributed by atoms with Crippen molar-refractivity contribution in [3.8, 4) is 0 Å². The van der Waals surface area contributed by atoms with Gasteiger partial charge in [0.25, 0.3) is 16.6 Å². The molecule has 1 atom stereocenters. The summed E-state index contributed by atoms with van der Waals surface area (Å²) in [5.41, 5.74) is 0. The zero-order valence-electron chi connectivity index (χ0n) is 5.50. The minimum Gasteiger partial charge on any atom is -0.466 e. The highest BCUT2D eigenvalue weighted by Crippen LogP contribution is 1.97. The third-order valence-electron chi connectivity index (χ3n) is 0.975. The molecule has 0 aromatic carbocycles. The number of carbonyl (C=O) groups excluding carboxylic acids is 1. The molecule has 2 N–H and O–H groups in total. The molecule has 0 radical (unpaired) electrons. The second-order valence-electron chi connectivity index (χ2n) is 1.75. The Bertz CT molecular complexity index is 207. The van der Waals surface area contributed by atoms with E-state index in [1.807, 2.05) is 0 Å². The second kappa shape index (κ2) is 4.27. The minimum atomic E-state index is -4.32. The summed E-state index contributed by atoms with van der Waals surface area (Å²) in [5, 5.41) is 6.90. The topological polar surface area (TPSA) is 101 Å². The molecule has 0 aliphatic carbocycles. The van der Waals surface area contributed by atoms with Crippen molar-refractivity contribution in [3.05, 3.63) is 0 Å². The number of ether oxygens (including phenoxy) is 1. The van der Waals surface area contributed by atoms with Crippen molar-refractivity contribution in [3.63, 3.8) is 0 Å². The fourth-order valence-electron chi connectivity index (χ4n) is 0.379. The van der Waals surface area contributed by atoms with Gasteiger partial charge in [0.05, 0.1) is 6.61 Å². The molecule has 0 saturated carbocycles. The molecule has 0 heterocycles. The SMILES string of the molecule is O=COCC(CO)S(=O)(=O)O. The van der Waals surface area contributed by atoms with E-state index in [9.17, 15) is 13.2 Å². The largest absolute Gasteiger partial charge is 0.466 e. The van der Waals surface area contributed by atoms with Crippen molar-refractivity contribution >= 4 is 16.6 Å². The first-order chi connectivity index (χ1) is 5.02. The van der Waals surface area contributed by atoms with E-state index < -0.39 is 28.6 Å². The maximum Gasteiger partial charge on any atom is 0.293 e. The summed E-state index contributed by atoms with van der Waals surface area (Å²) in [5.74, 6) is 0. The minimum absolute atomic E-state index is 0.0356. The molecule has 11 heavy (non-hydrogen) atoms. The van der Waals surface area contributed by atoms with Gasteiger partial charge in [0.2, 0.25) is 0 Å². The van der Waals surface area contributed by atoms with Gasteiger partial charge in [-0.2, -0.15) is 8.42 Å². The Balaban J connectivity index is 4.07. The van der Waals surface area contributed by atoms with Crippen molar-refractivity contribution in [2.24, 2.45) is 0 Å². The van der Waals surface area contributed by atoms with Crippen LogP contribution in [0.25, 0.3) is 0 Å². The van der Waals surface area contributed by atoms with Crippen molar-refractivity contribution in [2.45, 2.75) is 5.25 Å². The quantitative estimate of drug-likeness (QED) is 0.394. The average molecular weight is 184 g/mol. The van der Waals surface area contributed by atoms with Gasteiger partial charge in [-0.1, -0.05) is 0 Å². The van der Waals surface area contributed by atoms with Crippen LogP contribution in [0.5, 0.6) is 0 Å². The molecular formula is C4H8O6S. The fraction of sp³-hybridized carbons (Fsp3) is 0.750. The van der Waals surface area contributed by atoms with Gasteiger partial charge in [-0.05, 0) is 0 Å². The molecule has 0 aliphatic rings. The van der Waals surface area contributed by atoms with E-state index in [0.717, 1.165) is 0 Å². The highest BCUT2D eigenvalue weighted by atomic mass is 32.2. The van der Waals surface area contributed by atoms with Crippen LogP contribution >= 0.6 is 0 Å². The second-order valence-corrected chi connectivity index (χ2v) is 3.45. The molecule has 0 rings (SSSR count). The number of hydrogen-bond acceptors (Lipinski definition) is 5. The lowest BCUT2D eigenvalue weighted by Gasteiger charge is -2.07. The van der Waals surface area contributed by atoms with E-state index in [4.69, 9.17) is 9.66 Å². The molecule has 66 valence electrons. The van der Waals surface area contributed by atoms with Crippen LogP contribution < -0.4 is 0 Å². The third kappa shape index (κ3) is 3.91. The van der Waals surface area contributed by atoms with Gasteiger partial charge >= 0.3 is 0 Å². The maximum atomic E-state index is 10.3. The normalized spacial score (nSPS) is 14.0. The zero-order chi connectivity index (χ0) is 8.91. The molecule has 0 aromatic heterocycles. The summed E-state index contributed by atoms with van der Waals surface area (Å²) in [6.45, 7) is -1.29. The Labute approximate surface area is 63.5 Å². The Morgan fingerprint density at radius 1 is 1.55 bits per heavy atom. The van der Waals surface area contributed by atoms with Gasteiger partial charge in [-0.3, -0.25) is 9.35 Å². The summed E-state index contributed by atoms with van der Waals surface area (Å²) in [6, 6.07) is 0. The molecule has 0 saturated heterocycles. The first-order valence-corrected chi connectivity index (χ1v) is 4.15. The Morgan fingerprint density at radius 2 is 2.09 bits per heavy atom. The zero-order valence-corrected chi connectivity index (χ0v) is 6.32. The van der Waals surface area contributed by atoms with E-state index in [0.29, 0.717) is 0 Å². The first-order valence-electron chi connectivity index (χ1n) is 2.64. The molecule has 0 bridgehead atoms. The van der Waals surface area contributed by atoms with Crippen LogP contribution in [-0.4, -0.2) is 43.0 Å². The summed E-state index contributed by atoms with van der Waals surface area (Å²) in [6.07, 6.45) is 0. The molecule has 0 aromatic rings. The van der Waals surface area contributed by atoms with Crippen LogP contribution in [0.3, 0.4) is 0 Å². The predicted octanol–water partition coefficient (Wildman–Crippen LogP) is -1.59. The van der Waals surface area contributed by atoms with Gasteiger partial charge in [0, 0.05) is 0 Å². The number of aliphatic hydroxyl groups excluding tert-OH is 1. The Morgan fingerprint density at radius 3 is 2.36 bits per heavy atom. The van der Waals surface area contributed by atoms with Crippen molar-refractivity contribution in [1.82, 2.24) is 0 Å². The van der Waals surface area contributed by atoms with E-state index in [1.54, 1.807) is 0 Å². The number of rotatable bonds is 5. The van der Waals surface area contributed by atoms with Crippen LogP contribution in [0.2, 0.25) is 0 Å². The lowest BCUT2D eigenvalue weighted by Crippen LogP contribution is -2.29. The van der Waals surface area contributed by atoms with Crippen LogP contribution in [0, 0.1) is 0 Å². The van der Waals surface area contributed by atoms with Crippen LogP contribution in [0.15, 0.2) is 0 Å². The average Bonchev–Trinajstić information content (AvgIpc) is 1.87. The molecule has 7 heteroatoms. The molecule has 1 unspecified atom stereocenters. The lowest BCUT2D eigenvalue weighted by molar-refractivity contribution is -0.128. The summed E-state index contributed by atoms with van der Waals surface area (Å²) >= 11 is 0. The number of hydrogen-bond donors (Lipinski definition) is 2. The lowest BCUT2D eigenvalue weighted by atomic mass is 10.5. The van der Waals surface area contributed by atoms with Crippen molar-refractivity contribution < 1.29 is 27.6 Å². The molecule has 0 fully saturated rings. The Hall–Kier alpha value is -0.660. The van der Waals surface area contributed by atoms with Crippen LogP contribution in [0.1, 0.15) is 0 Å². The van der Waals surface area contributed by atoms with Gasteiger partial charge in [0.15, 0.2) is 0 Å². The van der Waals surface area contributed by atoms with Crippen LogP contribution in [-0.2, 0) is 19.6 Å². The van der Waals surface area contributed by atoms with Gasteiger partial charge < -0.3 is 9.84 Å². The summed E-state index contributed by atoms with van der Waals surface area (Å²) in [4.78, 5) is 9.57. The van der Waals surface area contributed by atoms with E-state index in [-0.39, 0.29) is 6.47 Å². The van der Waals surface area contributed by atoms with E-state index in [1.165, 1.54) is 0 Å². The Kier molecular flexibility index (Phi) is 4.01. The smallest absolute Gasteiger partial charge is 0.293 e. The van der Waals surface area contributed by atoms with Gasteiger partial charge in [-0.15, -0.1) is 0 Å². The van der Waals surface area contributed by atoms with Crippen molar-refractivity contribution in [2.75, 3.05) is 13.2 Å². The van der Waals surface area contributed by atoms with Gasteiger partial charge in [-0.25, -0.2) is 0 Å². The third-order valence-corrected chi connectivity index (χ3v) is 2.10. The highest BCUT2D eigenvalue weighted by Gasteiger charge is 2.22. The molecule has 0 spiro atoms. The summed E-state index contributed by atoms with van der Waals surface area (Å²) < 4.78 is 32.9. The molecule has 0 amide bonds. The number of aliphatic hydroxyl groups is 1.